The van der Waals surface area contributed by atoms with Gasteiger partial charge >= 0.3 is 0 Å². The minimum Gasteiger partial charge on any atom is -0.338 e. The lowest BCUT2D eigenvalue weighted by Gasteiger charge is -2.38. The minimum absolute atomic E-state index is 0.0806. The third kappa shape index (κ3) is 4.49. The zero-order valence-corrected chi connectivity index (χ0v) is 15.6. The predicted octanol–water partition coefficient (Wildman–Crippen LogP) is 3.22. The SMILES string of the molecule is CC(=O)c1ccc(CC(=O)N2CCCC[C@H]2CN2CCCC2)cc1C. The van der Waals surface area contributed by atoms with E-state index in [4.69, 9.17) is 0 Å². The zero-order valence-electron chi connectivity index (χ0n) is 15.6. The number of amides is 1. The molecule has 0 aromatic heterocycles. The molecule has 2 aliphatic heterocycles. The quantitative estimate of drug-likeness (QED) is 0.772. The van der Waals surface area contributed by atoms with Crippen LogP contribution < -0.4 is 0 Å². The van der Waals surface area contributed by atoms with Crippen molar-refractivity contribution in [3.8, 4) is 0 Å². The summed E-state index contributed by atoms with van der Waals surface area (Å²) in [6.45, 7) is 7.83. The van der Waals surface area contributed by atoms with Crippen LogP contribution in [0.25, 0.3) is 0 Å². The van der Waals surface area contributed by atoms with Crippen LogP contribution in [0.4, 0.5) is 0 Å². The van der Waals surface area contributed by atoms with Crippen molar-refractivity contribution in [1.29, 1.82) is 0 Å². The van der Waals surface area contributed by atoms with Crippen molar-refractivity contribution in [3.05, 3.63) is 34.9 Å². The third-order valence-corrected chi connectivity index (χ3v) is 5.64. The Hall–Kier alpha value is -1.68. The van der Waals surface area contributed by atoms with Crippen molar-refractivity contribution in [3.63, 3.8) is 0 Å². The maximum atomic E-state index is 12.9. The zero-order chi connectivity index (χ0) is 17.8. The summed E-state index contributed by atoms with van der Waals surface area (Å²) in [7, 11) is 0. The largest absolute Gasteiger partial charge is 0.338 e. The van der Waals surface area contributed by atoms with Gasteiger partial charge in [0.15, 0.2) is 5.78 Å². The summed E-state index contributed by atoms with van der Waals surface area (Å²) in [5.41, 5.74) is 2.73. The molecule has 0 N–H and O–H groups in total. The van der Waals surface area contributed by atoms with Gasteiger partial charge in [-0.2, -0.15) is 0 Å². The van der Waals surface area contributed by atoms with Crippen molar-refractivity contribution in [2.45, 2.75) is 58.4 Å². The van der Waals surface area contributed by atoms with Crippen LogP contribution in [0.3, 0.4) is 0 Å². The van der Waals surface area contributed by atoms with Crippen LogP contribution in [0.1, 0.15) is 60.5 Å². The smallest absolute Gasteiger partial charge is 0.227 e. The first kappa shape index (κ1) is 18.1. The fraction of sp³-hybridized carbons (Fsp3) is 0.619. The van der Waals surface area contributed by atoms with Crippen molar-refractivity contribution in [2.75, 3.05) is 26.2 Å². The molecule has 0 saturated carbocycles. The second-order valence-corrected chi connectivity index (χ2v) is 7.63. The highest BCUT2D eigenvalue weighted by atomic mass is 16.2. The Morgan fingerprint density at radius 1 is 1.08 bits per heavy atom. The van der Waals surface area contributed by atoms with Gasteiger partial charge in [-0.3, -0.25) is 9.59 Å². The Morgan fingerprint density at radius 2 is 1.80 bits per heavy atom. The van der Waals surface area contributed by atoms with E-state index in [1.807, 2.05) is 25.1 Å². The first-order valence-electron chi connectivity index (χ1n) is 9.67. The molecule has 2 fully saturated rings. The van der Waals surface area contributed by atoms with E-state index in [0.29, 0.717) is 12.5 Å². The van der Waals surface area contributed by atoms with Gasteiger partial charge in [-0.1, -0.05) is 18.2 Å². The van der Waals surface area contributed by atoms with Crippen molar-refractivity contribution >= 4 is 11.7 Å². The molecular weight excluding hydrogens is 312 g/mol. The monoisotopic (exact) mass is 342 g/mol. The third-order valence-electron chi connectivity index (χ3n) is 5.64. The number of carbonyl (C=O) groups is 2. The molecule has 136 valence electrons. The van der Waals surface area contributed by atoms with E-state index in [1.165, 1.54) is 32.4 Å². The highest BCUT2D eigenvalue weighted by Crippen LogP contribution is 2.22. The summed E-state index contributed by atoms with van der Waals surface area (Å²) in [5.74, 6) is 0.316. The maximum absolute atomic E-state index is 12.9. The molecule has 4 heteroatoms. The van der Waals surface area contributed by atoms with E-state index in [9.17, 15) is 9.59 Å². The Morgan fingerprint density at radius 3 is 2.48 bits per heavy atom. The summed E-state index contributed by atoms with van der Waals surface area (Å²) in [6, 6.07) is 6.16. The van der Waals surface area contributed by atoms with Crippen LogP contribution >= 0.6 is 0 Å². The lowest BCUT2D eigenvalue weighted by Crippen LogP contribution is -2.49. The molecule has 1 atom stereocenters. The number of benzene rings is 1. The molecule has 2 saturated heterocycles. The molecule has 1 amide bonds. The van der Waals surface area contributed by atoms with Crippen molar-refractivity contribution in [2.24, 2.45) is 0 Å². The van der Waals surface area contributed by atoms with Gasteiger partial charge in [0.2, 0.25) is 5.91 Å². The number of likely N-dealkylation sites (tertiary alicyclic amines) is 2. The average Bonchev–Trinajstić information content (AvgIpc) is 3.08. The van der Waals surface area contributed by atoms with Crippen LogP contribution in [-0.4, -0.2) is 53.7 Å². The molecule has 2 aliphatic rings. The lowest BCUT2D eigenvalue weighted by atomic mass is 9.98. The predicted molar refractivity (Wildman–Crippen MR) is 99.9 cm³/mol. The number of nitrogens with zero attached hydrogens (tertiary/aromatic N) is 2. The number of carbonyl (C=O) groups excluding carboxylic acids is 2. The molecule has 25 heavy (non-hydrogen) atoms. The highest BCUT2D eigenvalue weighted by molar-refractivity contribution is 5.95. The van der Waals surface area contributed by atoms with Crippen molar-refractivity contribution in [1.82, 2.24) is 9.80 Å². The molecule has 2 heterocycles. The highest BCUT2D eigenvalue weighted by Gasteiger charge is 2.29. The molecule has 0 bridgehead atoms. The number of hydrogen-bond donors (Lipinski definition) is 0. The molecule has 0 radical (unpaired) electrons. The minimum atomic E-state index is 0.0806. The Labute approximate surface area is 151 Å². The standard InChI is InChI=1S/C21H30N2O2/c1-16-13-18(8-9-20(16)17(2)24)14-21(25)23-12-4-3-7-19(23)15-22-10-5-6-11-22/h8-9,13,19H,3-7,10-12,14-15H2,1-2H3/t19-/m0/s1. The van der Waals surface area contributed by atoms with Crippen LogP contribution in [0.5, 0.6) is 0 Å². The van der Waals surface area contributed by atoms with Gasteiger partial charge in [0.25, 0.3) is 0 Å². The van der Waals surface area contributed by atoms with Gasteiger partial charge < -0.3 is 9.80 Å². The van der Waals surface area contributed by atoms with Gasteiger partial charge in [0, 0.05) is 24.7 Å². The van der Waals surface area contributed by atoms with Gasteiger partial charge in [-0.15, -0.1) is 0 Å². The van der Waals surface area contributed by atoms with E-state index in [0.717, 1.165) is 42.6 Å². The van der Waals surface area contributed by atoms with Crippen LogP contribution in [0.15, 0.2) is 18.2 Å². The fourth-order valence-electron chi connectivity index (χ4n) is 4.29. The van der Waals surface area contributed by atoms with E-state index in [-0.39, 0.29) is 11.7 Å². The number of piperidine rings is 1. The normalized spacial score (nSPS) is 21.5. The van der Waals surface area contributed by atoms with E-state index >= 15 is 0 Å². The summed E-state index contributed by atoms with van der Waals surface area (Å²) in [5, 5.41) is 0. The summed E-state index contributed by atoms with van der Waals surface area (Å²) in [4.78, 5) is 29.1. The maximum Gasteiger partial charge on any atom is 0.227 e. The lowest BCUT2D eigenvalue weighted by molar-refractivity contribution is -0.134. The van der Waals surface area contributed by atoms with E-state index < -0.39 is 0 Å². The fourth-order valence-corrected chi connectivity index (χ4v) is 4.29. The molecule has 3 rings (SSSR count). The summed E-state index contributed by atoms with van der Waals surface area (Å²) >= 11 is 0. The van der Waals surface area contributed by atoms with Gasteiger partial charge in [-0.25, -0.2) is 0 Å². The molecule has 0 spiro atoms. The topological polar surface area (TPSA) is 40.6 Å². The van der Waals surface area contributed by atoms with Gasteiger partial charge in [0.05, 0.1) is 6.42 Å². The van der Waals surface area contributed by atoms with E-state index in [1.54, 1.807) is 6.92 Å². The molecule has 4 nitrogen and oxygen atoms in total. The second kappa shape index (κ2) is 8.13. The summed E-state index contributed by atoms with van der Waals surface area (Å²) in [6.07, 6.45) is 6.50. The molecular formula is C21H30N2O2. The van der Waals surface area contributed by atoms with Crippen LogP contribution in [-0.2, 0) is 11.2 Å². The summed E-state index contributed by atoms with van der Waals surface area (Å²) < 4.78 is 0. The van der Waals surface area contributed by atoms with Crippen molar-refractivity contribution < 1.29 is 9.59 Å². The second-order valence-electron chi connectivity index (χ2n) is 7.63. The average molecular weight is 342 g/mol. The van der Waals surface area contributed by atoms with Gasteiger partial charge in [-0.05, 0) is 70.2 Å². The Balaban J connectivity index is 1.65. The number of Topliss-reactive ketones (excluding diaryl/α,β-unsaturated/α-hetero) is 1. The first-order valence-corrected chi connectivity index (χ1v) is 9.67. The molecule has 0 aliphatic carbocycles. The Kier molecular flexibility index (Phi) is 5.89. The molecule has 1 aromatic rings. The number of rotatable bonds is 5. The van der Waals surface area contributed by atoms with Gasteiger partial charge in [0.1, 0.15) is 0 Å². The van der Waals surface area contributed by atoms with Crippen LogP contribution in [0.2, 0.25) is 0 Å². The Bertz CT molecular complexity index is 635. The number of aryl methyl sites for hydroxylation is 1. The number of ketones is 1. The molecule has 0 unspecified atom stereocenters. The molecule has 1 aromatic carbocycles. The van der Waals surface area contributed by atoms with Crippen LogP contribution in [0, 0.1) is 6.92 Å². The number of hydrogen-bond acceptors (Lipinski definition) is 3. The van der Waals surface area contributed by atoms with E-state index in [2.05, 4.69) is 9.80 Å². The first-order chi connectivity index (χ1) is 12.0.